The number of alkyl halides is 3. The van der Waals surface area contributed by atoms with Gasteiger partial charge in [0.25, 0.3) is 5.69 Å². The number of aromatic nitrogens is 2. The van der Waals surface area contributed by atoms with E-state index < -0.39 is 28.2 Å². The molecule has 0 aromatic carbocycles. The summed E-state index contributed by atoms with van der Waals surface area (Å²) in [5, 5.41) is 10.5. The van der Waals surface area contributed by atoms with E-state index in [4.69, 9.17) is 0 Å². The van der Waals surface area contributed by atoms with Crippen molar-refractivity contribution >= 4 is 17.6 Å². The van der Waals surface area contributed by atoms with Gasteiger partial charge in [-0.25, -0.2) is 4.98 Å². The smallest absolute Gasteiger partial charge is 0.296 e. The predicted molar refractivity (Wildman–Crippen MR) is 52.2 cm³/mol. The van der Waals surface area contributed by atoms with Gasteiger partial charge in [-0.15, -0.1) is 0 Å². The van der Waals surface area contributed by atoms with Crippen molar-refractivity contribution in [2.24, 2.45) is 0 Å². The van der Waals surface area contributed by atoms with Gasteiger partial charge in [0.15, 0.2) is 12.0 Å². The first-order chi connectivity index (χ1) is 8.34. The van der Waals surface area contributed by atoms with Crippen molar-refractivity contribution in [1.29, 1.82) is 0 Å². The van der Waals surface area contributed by atoms with Gasteiger partial charge in [-0.05, 0) is 6.07 Å². The third-order valence-corrected chi connectivity index (χ3v) is 2.23. The van der Waals surface area contributed by atoms with E-state index in [1.807, 2.05) is 0 Å². The van der Waals surface area contributed by atoms with Crippen LogP contribution in [-0.2, 0) is 6.18 Å². The van der Waals surface area contributed by atoms with Crippen molar-refractivity contribution in [1.82, 2.24) is 9.38 Å². The van der Waals surface area contributed by atoms with Crippen molar-refractivity contribution in [2.45, 2.75) is 6.18 Å². The van der Waals surface area contributed by atoms with E-state index in [-0.39, 0.29) is 11.9 Å². The average molecular weight is 259 g/mol. The molecule has 0 aliphatic carbocycles. The van der Waals surface area contributed by atoms with Gasteiger partial charge in [0.1, 0.15) is 11.3 Å². The van der Waals surface area contributed by atoms with Gasteiger partial charge in [0, 0.05) is 6.07 Å². The Balaban J connectivity index is 2.78. The highest BCUT2D eigenvalue weighted by molar-refractivity contribution is 5.77. The Morgan fingerprint density at radius 3 is 2.56 bits per heavy atom. The van der Waals surface area contributed by atoms with Gasteiger partial charge in [-0.1, -0.05) is 0 Å². The molecule has 2 rings (SSSR count). The Kier molecular flexibility index (Phi) is 2.53. The van der Waals surface area contributed by atoms with Crippen molar-refractivity contribution in [2.75, 3.05) is 0 Å². The van der Waals surface area contributed by atoms with Crippen molar-refractivity contribution in [3.05, 3.63) is 39.8 Å². The number of halogens is 3. The zero-order valence-corrected chi connectivity index (χ0v) is 8.51. The molecule has 0 saturated carbocycles. The van der Waals surface area contributed by atoms with E-state index in [0.29, 0.717) is 0 Å². The summed E-state index contributed by atoms with van der Waals surface area (Å²) < 4.78 is 38.4. The summed E-state index contributed by atoms with van der Waals surface area (Å²) in [7, 11) is 0. The van der Waals surface area contributed by atoms with Gasteiger partial charge >= 0.3 is 6.18 Å². The zero-order chi connectivity index (χ0) is 13.5. The van der Waals surface area contributed by atoms with E-state index >= 15 is 0 Å². The summed E-state index contributed by atoms with van der Waals surface area (Å²) in [5.41, 5.74) is -2.74. The number of fused-ring (bicyclic) bond motifs is 1. The molecule has 18 heavy (non-hydrogen) atoms. The second-order valence-corrected chi connectivity index (χ2v) is 3.33. The van der Waals surface area contributed by atoms with Crippen molar-refractivity contribution in [3.63, 3.8) is 0 Å². The lowest BCUT2D eigenvalue weighted by Crippen LogP contribution is -2.09. The Morgan fingerprint density at radius 2 is 2.06 bits per heavy atom. The number of imidazole rings is 1. The minimum Gasteiger partial charge on any atom is -0.296 e. The number of hydrogen-bond acceptors (Lipinski definition) is 4. The van der Waals surface area contributed by atoms with Crippen molar-refractivity contribution < 1.29 is 22.9 Å². The lowest BCUT2D eigenvalue weighted by molar-refractivity contribution is -0.385. The molecule has 0 aliphatic heterocycles. The number of pyridine rings is 1. The molecule has 6 nitrogen and oxygen atoms in total. The topological polar surface area (TPSA) is 77.5 Å². The number of nitrogens with zero attached hydrogens (tertiary/aromatic N) is 3. The van der Waals surface area contributed by atoms with Crippen LogP contribution in [0.3, 0.4) is 0 Å². The maximum absolute atomic E-state index is 12.6. The fourth-order valence-electron chi connectivity index (χ4n) is 1.48. The molecule has 0 atom stereocenters. The summed E-state index contributed by atoms with van der Waals surface area (Å²) in [6, 6.07) is 2.05. The van der Waals surface area contributed by atoms with Crippen LogP contribution in [0.15, 0.2) is 18.3 Å². The molecule has 0 radical (unpaired) electrons. The molecule has 0 spiro atoms. The van der Waals surface area contributed by atoms with Crippen LogP contribution in [0, 0.1) is 10.1 Å². The number of nitro groups is 1. The van der Waals surface area contributed by atoms with E-state index in [9.17, 15) is 28.1 Å². The summed E-state index contributed by atoms with van der Waals surface area (Å²) in [4.78, 5) is 23.7. The second-order valence-electron chi connectivity index (χ2n) is 3.33. The quantitative estimate of drug-likeness (QED) is 0.470. The molecule has 0 bridgehead atoms. The molecule has 0 saturated heterocycles. The van der Waals surface area contributed by atoms with E-state index in [1.54, 1.807) is 0 Å². The fraction of sp³-hybridized carbons (Fsp3) is 0.111. The monoisotopic (exact) mass is 259 g/mol. The Hall–Kier alpha value is -2.45. The minimum absolute atomic E-state index is 0.0352. The van der Waals surface area contributed by atoms with Crippen LogP contribution in [0.25, 0.3) is 5.65 Å². The van der Waals surface area contributed by atoms with Gasteiger partial charge in [0.05, 0.1) is 11.1 Å². The van der Waals surface area contributed by atoms with E-state index in [1.165, 1.54) is 0 Å². The maximum atomic E-state index is 12.6. The highest BCUT2D eigenvalue weighted by Gasteiger charge is 2.38. The lowest BCUT2D eigenvalue weighted by Gasteiger charge is -2.02. The Morgan fingerprint density at radius 1 is 1.39 bits per heavy atom. The lowest BCUT2D eigenvalue weighted by atomic mass is 10.3. The Labute approximate surface area is 96.8 Å². The number of carbonyl (C=O) groups is 1. The molecule has 94 valence electrons. The summed E-state index contributed by atoms with van der Waals surface area (Å²) in [5.74, 6) is 0. The summed E-state index contributed by atoms with van der Waals surface area (Å²) in [6.45, 7) is 0. The molecular formula is C9H4F3N3O3. The van der Waals surface area contributed by atoms with Crippen LogP contribution in [-0.4, -0.2) is 20.6 Å². The predicted octanol–water partition coefficient (Wildman–Crippen LogP) is 2.07. The molecule has 0 unspecified atom stereocenters. The van der Waals surface area contributed by atoms with Gasteiger partial charge in [0.2, 0.25) is 0 Å². The average Bonchev–Trinajstić information content (AvgIpc) is 2.65. The SMILES string of the molecule is O=Cc1c(C(F)(F)F)nc2ccc([N+](=O)[O-])cn12. The van der Waals surface area contributed by atoms with Crippen LogP contribution in [0.5, 0.6) is 0 Å². The number of carbonyl (C=O) groups excluding carboxylic acids is 1. The van der Waals surface area contributed by atoms with Crippen LogP contribution >= 0.6 is 0 Å². The van der Waals surface area contributed by atoms with Crippen LogP contribution in [0.2, 0.25) is 0 Å². The maximum Gasteiger partial charge on any atom is 0.435 e. The number of rotatable bonds is 2. The van der Waals surface area contributed by atoms with Gasteiger partial charge < -0.3 is 0 Å². The van der Waals surface area contributed by atoms with Gasteiger partial charge in [-0.2, -0.15) is 13.2 Å². The Bertz CT molecular complexity index is 648. The normalized spacial score (nSPS) is 11.7. The first-order valence-electron chi connectivity index (χ1n) is 4.53. The number of aldehydes is 1. The zero-order valence-electron chi connectivity index (χ0n) is 8.51. The van der Waals surface area contributed by atoms with Crippen LogP contribution < -0.4 is 0 Å². The highest BCUT2D eigenvalue weighted by Crippen LogP contribution is 2.31. The summed E-state index contributed by atoms with van der Waals surface area (Å²) >= 11 is 0. The molecule has 0 aliphatic rings. The van der Waals surface area contributed by atoms with Crippen molar-refractivity contribution in [3.8, 4) is 0 Å². The van der Waals surface area contributed by atoms with E-state index in [0.717, 1.165) is 22.7 Å². The molecule has 0 fully saturated rings. The van der Waals surface area contributed by atoms with Crippen LogP contribution in [0.4, 0.5) is 18.9 Å². The molecule has 2 aromatic heterocycles. The standard InChI is InChI=1S/C9H4F3N3O3/c10-9(11,12)8-6(4-16)14-3-5(15(17)18)1-2-7(14)13-8/h1-4H. The second kappa shape index (κ2) is 3.79. The first kappa shape index (κ1) is 12.0. The van der Waals surface area contributed by atoms with E-state index in [2.05, 4.69) is 4.98 Å². The number of hydrogen-bond donors (Lipinski definition) is 0. The molecule has 9 heteroatoms. The molecule has 2 heterocycles. The molecule has 0 N–H and O–H groups in total. The largest absolute Gasteiger partial charge is 0.435 e. The molecule has 2 aromatic rings. The summed E-state index contributed by atoms with van der Waals surface area (Å²) in [6.07, 6.45) is -4.01. The fourth-order valence-corrected chi connectivity index (χ4v) is 1.48. The first-order valence-corrected chi connectivity index (χ1v) is 4.53. The van der Waals surface area contributed by atoms with Gasteiger partial charge in [-0.3, -0.25) is 19.3 Å². The highest BCUT2D eigenvalue weighted by atomic mass is 19.4. The third kappa shape index (κ3) is 1.79. The molecular weight excluding hydrogens is 255 g/mol. The molecule has 0 amide bonds. The van der Waals surface area contributed by atoms with Crippen LogP contribution in [0.1, 0.15) is 16.2 Å². The third-order valence-electron chi connectivity index (χ3n) is 2.23. The minimum atomic E-state index is -4.79.